The third kappa shape index (κ3) is 3.03. The van der Waals surface area contributed by atoms with Crippen molar-refractivity contribution in [1.82, 2.24) is 9.97 Å². The van der Waals surface area contributed by atoms with Crippen molar-refractivity contribution in [3.63, 3.8) is 0 Å². The molecular formula is C22H16F2N2O2. The number of carbonyl (C=O) groups is 1. The fraction of sp³-hybridized carbons (Fsp3) is 0.0909. The van der Waals surface area contributed by atoms with Gasteiger partial charge in [0.2, 0.25) is 0 Å². The number of benzene rings is 2. The van der Waals surface area contributed by atoms with E-state index in [2.05, 4.69) is 9.97 Å². The highest BCUT2D eigenvalue weighted by Gasteiger charge is 2.15. The zero-order chi connectivity index (χ0) is 19.8. The lowest BCUT2D eigenvalue weighted by Crippen LogP contribution is -2.01. The van der Waals surface area contributed by atoms with Gasteiger partial charge < -0.3 is 9.72 Å². The maximum Gasteiger partial charge on any atom is 0.337 e. The van der Waals surface area contributed by atoms with Crippen molar-refractivity contribution in [2.45, 2.75) is 6.92 Å². The minimum Gasteiger partial charge on any atom is -0.465 e. The second-order valence-corrected chi connectivity index (χ2v) is 6.46. The number of ether oxygens (including phenoxy) is 1. The van der Waals surface area contributed by atoms with E-state index >= 15 is 0 Å². The van der Waals surface area contributed by atoms with Gasteiger partial charge in [-0.2, -0.15) is 0 Å². The molecule has 4 rings (SSSR count). The molecule has 6 heteroatoms. The van der Waals surface area contributed by atoms with Crippen LogP contribution in [0.2, 0.25) is 0 Å². The second kappa shape index (κ2) is 6.88. The van der Waals surface area contributed by atoms with Crippen LogP contribution in [0.5, 0.6) is 0 Å². The van der Waals surface area contributed by atoms with Gasteiger partial charge in [-0.3, -0.25) is 0 Å². The van der Waals surface area contributed by atoms with Gasteiger partial charge in [0.1, 0.15) is 17.3 Å². The molecule has 0 atom stereocenters. The minimum absolute atomic E-state index is 0.110. The monoisotopic (exact) mass is 378 g/mol. The number of fused-ring (bicyclic) bond motifs is 1. The molecule has 0 aliphatic rings. The van der Waals surface area contributed by atoms with Crippen LogP contribution in [-0.2, 0) is 4.74 Å². The molecule has 4 aromatic rings. The zero-order valence-corrected chi connectivity index (χ0v) is 15.2. The van der Waals surface area contributed by atoms with E-state index in [0.29, 0.717) is 16.9 Å². The topological polar surface area (TPSA) is 55.0 Å². The Labute approximate surface area is 159 Å². The van der Waals surface area contributed by atoms with Gasteiger partial charge in [0, 0.05) is 17.1 Å². The summed E-state index contributed by atoms with van der Waals surface area (Å²) in [6.45, 7) is 1.89. The number of pyridine rings is 1. The maximum atomic E-state index is 14.1. The van der Waals surface area contributed by atoms with Gasteiger partial charge in [-0.15, -0.1) is 0 Å². The summed E-state index contributed by atoms with van der Waals surface area (Å²) in [7, 11) is 1.34. The van der Waals surface area contributed by atoms with E-state index < -0.39 is 17.6 Å². The molecule has 28 heavy (non-hydrogen) atoms. The molecule has 0 unspecified atom stereocenters. The highest BCUT2D eigenvalue weighted by atomic mass is 19.1. The normalized spacial score (nSPS) is 11.0. The van der Waals surface area contributed by atoms with Gasteiger partial charge >= 0.3 is 5.97 Å². The Morgan fingerprint density at radius 2 is 1.82 bits per heavy atom. The summed E-state index contributed by atoms with van der Waals surface area (Å²) in [6, 6.07) is 12.6. The van der Waals surface area contributed by atoms with E-state index in [-0.39, 0.29) is 5.56 Å². The highest BCUT2D eigenvalue weighted by molar-refractivity contribution is 5.91. The van der Waals surface area contributed by atoms with Gasteiger partial charge in [0.25, 0.3) is 0 Å². The molecule has 0 spiro atoms. The molecular weight excluding hydrogens is 362 g/mol. The number of aromatic amines is 1. The Morgan fingerprint density at radius 3 is 2.50 bits per heavy atom. The molecule has 2 aromatic heterocycles. The first-order valence-corrected chi connectivity index (χ1v) is 8.60. The number of esters is 1. The number of aromatic nitrogens is 2. The second-order valence-electron chi connectivity index (χ2n) is 6.46. The molecule has 1 N–H and O–H groups in total. The Balaban J connectivity index is 1.78. The first kappa shape index (κ1) is 17.9. The van der Waals surface area contributed by atoms with Crippen molar-refractivity contribution in [3.05, 3.63) is 77.5 Å². The summed E-state index contributed by atoms with van der Waals surface area (Å²) in [5.74, 6) is -1.67. The molecule has 2 heterocycles. The summed E-state index contributed by atoms with van der Waals surface area (Å²) in [6.07, 6.45) is 1.68. The van der Waals surface area contributed by atoms with E-state index in [9.17, 15) is 13.6 Å². The average molecular weight is 378 g/mol. The number of H-pyrrole nitrogens is 1. The lowest BCUT2D eigenvalue weighted by molar-refractivity contribution is 0.0600. The SMILES string of the molecule is COC(=O)c1ccc(-c2cnc3[nH]c(-c4c(F)cccc4F)cc3c2)c(C)c1. The molecule has 4 nitrogen and oxygen atoms in total. The molecule has 140 valence electrons. The third-order valence-corrected chi connectivity index (χ3v) is 4.66. The van der Waals surface area contributed by atoms with Crippen molar-refractivity contribution in [2.24, 2.45) is 0 Å². The van der Waals surface area contributed by atoms with Crippen molar-refractivity contribution in [1.29, 1.82) is 0 Å². The number of hydrogen-bond donors (Lipinski definition) is 1. The van der Waals surface area contributed by atoms with Gasteiger partial charge in [0.05, 0.1) is 23.9 Å². The first-order valence-electron chi connectivity index (χ1n) is 8.60. The number of methoxy groups -OCH3 is 1. The average Bonchev–Trinajstić information content (AvgIpc) is 3.09. The van der Waals surface area contributed by atoms with Crippen LogP contribution in [0.4, 0.5) is 8.78 Å². The summed E-state index contributed by atoms with van der Waals surface area (Å²) in [5, 5.41) is 0.728. The van der Waals surface area contributed by atoms with E-state index in [4.69, 9.17) is 4.74 Å². The summed E-state index contributed by atoms with van der Waals surface area (Å²) in [5.41, 5.74) is 3.85. The van der Waals surface area contributed by atoms with E-state index in [1.165, 1.54) is 25.3 Å². The Bertz CT molecular complexity index is 1190. The van der Waals surface area contributed by atoms with Gasteiger partial charge in [0.15, 0.2) is 0 Å². The molecule has 2 aromatic carbocycles. The quantitative estimate of drug-likeness (QED) is 0.494. The van der Waals surface area contributed by atoms with Crippen molar-refractivity contribution < 1.29 is 18.3 Å². The van der Waals surface area contributed by atoms with Crippen molar-refractivity contribution in [3.8, 4) is 22.4 Å². The third-order valence-electron chi connectivity index (χ3n) is 4.66. The highest BCUT2D eigenvalue weighted by Crippen LogP contribution is 2.31. The molecule has 0 saturated carbocycles. The summed E-state index contributed by atoms with van der Waals surface area (Å²) < 4.78 is 32.9. The van der Waals surface area contributed by atoms with Gasteiger partial charge in [-0.1, -0.05) is 12.1 Å². The Kier molecular flexibility index (Phi) is 4.39. The number of rotatable bonds is 3. The van der Waals surface area contributed by atoms with E-state index in [0.717, 1.165) is 22.1 Å². The van der Waals surface area contributed by atoms with Crippen LogP contribution < -0.4 is 0 Å². The fourth-order valence-electron chi connectivity index (χ4n) is 3.28. The molecule has 0 fully saturated rings. The van der Waals surface area contributed by atoms with E-state index in [1.807, 2.05) is 19.1 Å². The number of carbonyl (C=O) groups excluding carboxylic acids is 1. The maximum absolute atomic E-state index is 14.1. The van der Waals surface area contributed by atoms with Crippen LogP contribution >= 0.6 is 0 Å². The number of nitrogens with zero attached hydrogens (tertiary/aromatic N) is 1. The molecule has 0 saturated heterocycles. The Morgan fingerprint density at radius 1 is 1.07 bits per heavy atom. The lowest BCUT2D eigenvalue weighted by Gasteiger charge is -2.08. The first-order chi connectivity index (χ1) is 13.5. The van der Waals surface area contributed by atoms with Crippen LogP contribution in [-0.4, -0.2) is 23.0 Å². The van der Waals surface area contributed by atoms with Crippen LogP contribution in [0.25, 0.3) is 33.4 Å². The predicted octanol–water partition coefficient (Wildman–Crippen LogP) is 5.27. The Hall–Kier alpha value is -3.54. The van der Waals surface area contributed by atoms with Crippen molar-refractivity contribution in [2.75, 3.05) is 7.11 Å². The standard InChI is InChI=1S/C22H16F2N2O2/c1-12-8-13(22(27)28-2)6-7-16(12)15-9-14-10-19(26-21(14)25-11-15)20-17(23)4-3-5-18(20)24/h3-11H,1-2H3,(H,25,26). The largest absolute Gasteiger partial charge is 0.465 e. The van der Waals surface area contributed by atoms with Gasteiger partial charge in [-0.25, -0.2) is 18.6 Å². The fourth-order valence-corrected chi connectivity index (χ4v) is 3.28. The van der Waals surface area contributed by atoms with Crippen LogP contribution in [0.15, 0.2) is 54.7 Å². The van der Waals surface area contributed by atoms with E-state index in [1.54, 1.807) is 24.4 Å². The lowest BCUT2D eigenvalue weighted by atomic mass is 9.99. The van der Waals surface area contributed by atoms with Crippen LogP contribution in [0, 0.1) is 18.6 Å². The molecule has 0 aliphatic carbocycles. The molecule has 0 aliphatic heterocycles. The smallest absolute Gasteiger partial charge is 0.337 e. The zero-order valence-electron chi connectivity index (χ0n) is 15.2. The van der Waals surface area contributed by atoms with Crippen molar-refractivity contribution >= 4 is 17.0 Å². The predicted molar refractivity (Wildman–Crippen MR) is 103 cm³/mol. The molecule has 0 amide bonds. The van der Waals surface area contributed by atoms with Crippen LogP contribution in [0.3, 0.4) is 0 Å². The minimum atomic E-state index is -0.638. The number of halogens is 2. The number of nitrogens with one attached hydrogen (secondary N) is 1. The molecule has 0 radical (unpaired) electrons. The van der Waals surface area contributed by atoms with Crippen LogP contribution in [0.1, 0.15) is 15.9 Å². The summed E-state index contributed by atoms with van der Waals surface area (Å²) >= 11 is 0. The number of hydrogen-bond acceptors (Lipinski definition) is 3. The summed E-state index contributed by atoms with van der Waals surface area (Å²) in [4.78, 5) is 19.0. The number of aryl methyl sites for hydroxylation is 1. The van der Waals surface area contributed by atoms with Gasteiger partial charge in [-0.05, 0) is 54.4 Å². The molecule has 0 bridgehead atoms.